The van der Waals surface area contributed by atoms with E-state index < -0.39 is 0 Å². The number of hydrogen-bond donors (Lipinski definition) is 2. The molecule has 0 fully saturated rings. The molecule has 0 aliphatic heterocycles. The Bertz CT molecular complexity index is 672. The molecule has 1 heterocycles. The number of nitrogens with two attached hydrogens (primary N) is 1. The Balaban J connectivity index is 0.00000133. The Morgan fingerprint density at radius 3 is 2.47 bits per heavy atom. The van der Waals surface area contributed by atoms with E-state index in [1.807, 2.05) is 13.0 Å². The van der Waals surface area contributed by atoms with E-state index in [9.17, 15) is 0 Å². The highest BCUT2D eigenvalue weighted by Crippen LogP contribution is 2.29. The molecule has 0 saturated carbocycles. The first-order chi connectivity index (χ1) is 8.75. The SMILES string of the molecule is CC(N)c1ccc2c(-c3ccccc3)c[nH]c2c1.Cl. The largest absolute Gasteiger partial charge is 0.361 e. The summed E-state index contributed by atoms with van der Waals surface area (Å²) in [5.41, 5.74) is 10.7. The van der Waals surface area contributed by atoms with Crippen LogP contribution in [0.3, 0.4) is 0 Å². The topological polar surface area (TPSA) is 41.8 Å². The molecule has 0 radical (unpaired) electrons. The zero-order valence-electron chi connectivity index (χ0n) is 10.8. The van der Waals surface area contributed by atoms with E-state index >= 15 is 0 Å². The first kappa shape index (κ1) is 13.7. The van der Waals surface area contributed by atoms with Gasteiger partial charge < -0.3 is 10.7 Å². The lowest BCUT2D eigenvalue weighted by Crippen LogP contribution is -2.04. The number of rotatable bonds is 2. The zero-order chi connectivity index (χ0) is 12.5. The van der Waals surface area contributed by atoms with Crippen LogP contribution in [-0.4, -0.2) is 4.98 Å². The van der Waals surface area contributed by atoms with Gasteiger partial charge in [0.1, 0.15) is 0 Å². The molecular formula is C16H17ClN2. The van der Waals surface area contributed by atoms with Gasteiger partial charge in [-0.25, -0.2) is 0 Å². The standard InChI is InChI=1S/C16H16N2.ClH/c1-11(17)13-7-8-14-15(10-18-16(14)9-13)12-5-3-2-4-6-12;/h2-11,18H,17H2,1H3;1H. The zero-order valence-corrected chi connectivity index (χ0v) is 11.6. The first-order valence-corrected chi connectivity index (χ1v) is 6.18. The molecule has 0 aliphatic rings. The smallest absolute Gasteiger partial charge is 0.0463 e. The second-order valence-corrected chi connectivity index (χ2v) is 4.66. The third-order valence-electron chi connectivity index (χ3n) is 3.32. The normalized spacial score (nSPS) is 12.1. The number of H-pyrrole nitrogens is 1. The van der Waals surface area contributed by atoms with Crippen LogP contribution in [0.1, 0.15) is 18.5 Å². The summed E-state index contributed by atoms with van der Waals surface area (Å²) in [6.45, 7) is 2.00. The minimum atomic E-state index is 0. The monoisotopic (exact) mass is 272 g/mol. The summed E-state index contributed by atoms with van der Waals surface area (Å²) < 4.78 is 0. The van der Waals surface area contributed by atoms with Crippen molar-refractivity contribution < 1.29 is 0 Å². The molecule has 1 atom stereocenters. The van der Waals surface area contributed by atoms with E-state index in [1.165, 1.54) is 16.5 Å². The average Bonchev–Trinajstić information content (AvgIpc) is 2.82. The highest BCUT2D eigenvalue weighted by Gasteiger charge is 2.07. The van der Waals surface area contributed by atoms with Gasteiger partial charge in [-0.3, -0.25) is 0 Å². The fourth-order valence-corrected chi connectivity index (χ4v) is 2.28. The van der Waals surface area contributed by atoms with Crippen LogP contribution in [0.2, 0.25) is 0 Å². The third-order valence-corrected chi connectivity index (χ3v) is 3.32. The van der Waals surface area contributed by atoms with Crippen molar-refractivity contribution in [2.24, 2.45) is 5.73 Å². The summed E-state index contributed by atoms with van der Waals surface area (Å²) >= 11 is 0. The number of aromatic nitrogens is 1. The molecule has 0 saturated heterocycles. The predicted molar refractivity (Wildman–Crippen MR) is 83.6 cm³/mol. The summed E-state index contributed by atoms with van der Waals surface area (Å²) in [5, 5.41) is 1.24. The number of aromatic amines is 1. The van der Waals surface area contributed by atoms with Crippen molar-refractivity contribution in [3.63, 3.8) is 0 Å². The van der Waals surface area contributed by atoms with Gasteiger partial charge in [-0.05, 0) is 24.1 Å². The van der Waals surface area contributed by atoms with Crippen molar-refractivity contribution in [2.75, 3.05) is 0 Å². The molecule has 0 amide bonds. The van der Waals surface area contributed by atoms with Gasteiger partial charge in [0.15, 0.2) is 0 Å². The summed E-state index contributed by atoms with van der Waals surface area (Å²) in [5.74, 6) is 0. The van der Waals surface area contributed by atoms with Crippen molar-refractivity contribution in [1.29, 1.82) is 0 Å². The highest BCUT2D eigenvalue weighted by molar-refractivity contribution is 5.95. The molecule has 0 aliphatic carbocycles. The maximum absolute atomic E-state index is 5.91. The fraction of sp³-hybridized carbons (Fsp3) is 0.125. The molecule has 0 bridgehead atoms. The van der Waals surface area contributed by atoms with Gasteiger partial charge in [-0.2, -0.15) is 0 Å². The van der Waals surface area contributed by atoms with Crippen LogP contribution in [0.4, 0.5) is 0 Å². The van der Waals surface area contributed by atoms with Gasteiger partial charge >= 0.3 is 0 Å². The lowest BCUT2D eigenvalue weighted by atomic mass is 10.0. The van der Waals surface area contributed by atoms with E-state index in [4.69, 9.17) is 5.73 Å². The lowest BCUT2D eigenvalue weighted by Gasteiger charge is -2.05. The Kier molecular flexibility index (Phi) is 3.93. The third kappa shape index (κ3) is 2.50. The molecule has 1 aromatic heterocycles. The van der Waals surface area contributed by atoms with Crippen LogP contribution >= 0.6 is 12.4 Å². The van der Waals surface area contributed by atoms with Gasteiger partial charge in [-0.15, -0.1) is 12.4 Å². The van der Waals surface area contributed by atoms with Crippen LogP contribution in [0.15, 0.2) is 54.7 Å². The minimum absolute atomic E-state index is 0. The maximum Gasteiger partial charge on any atom is 0.0463 e. The number of benzene rings is 2. The quantitative estimate of drug-likeness (QED) is 0.718. The molecule has 0 spiro atoms. The van der Waals surface area contributed by atoms with Crippen LogP contribution in [0, 0.1) is 0 Å². The molecule has 3 N–H and O–H groups in total. The summed E-state index contributed by atoms with van der Waals surface area (Å²) in [6, 6.07) is 16.9. The van der Waals surface area contributed by atoms with E-state index in [0.29, 0.717) is 0 Å². The molecule has 3 heteroatoms. The molecule has 98 valence electrons. The predicted octanol–water partition coefficient (Wildman–Crippen LogP) is 4.28. The van der Waals surface area contributed by atoms with Gasteiger partial charge in [-0.1, -0.05) is 42.5 Å². The second kappa shape index (κ2) is 5.47. The summed E-state index contributed by atoms with van der Waals surface area (Å²) in [6.07, 6.45) is 2.06. The average molecular weight is 273 g/mol. The van der Waals surface area contributed by atoms with Crippen molar-refractivity contribution in [2.45, 2.75) is 13.0 Å². The van der Waals surface area contributed by atoms with Crippen LogP contribution in [0.25, 0.3) is 22.0 Å². The van der Waals surface area contributed by atoms with Crippen molar-refractivity contribution in [1.82, 2.24) is 4.98 Å². The number of nitrogens with one attached hydrogen (secondary N) is 1. The maximum atomic E-state index is 5.91. The summed E-state index contributed by atoms with van der Waals surface area (Å²) in [7, 11) is 0. The van der Waals surface area contributed by atoms with Crippen molar-refractivity contribution in [3.8, 4) is 11.1 Å². The van der Waals surface area contributed by atoms with Crippen molar-refractivity contribution in [3.05, 3.63) is 60.3 Å². The Labute approximate surface area is 119 Å². The van der Waals surface area contributed by atoms with Crippen LogP contribution < -0.4 is 5.73 Å². The van der Waals surface area contributed by atoms with Crippen LogP contribution in [-0.2, 0) is 0 Å². The molecule has 3 rings (SSSR count). The van der Waals surface area contributed by atoms with Crippen molar-refractivity contribution >= 4 is 23.3 Å². The van der Waals surface area contributed by atoms with E-state index in [-0.39, 0.29) is 18.4 Å². The van der Waals surface area contributed by atoms with E-state index in [1.54, 1.807) is 0 Å². The Morgan fingerprint density at radius 2 is 1.79 bits per heavy atom. The van der Waals surface area contributed by atoms with Gasteiger partial charge in [0.05, 0.1) is 0 Å². The van der Waals surface area contributed by atoms with Gasteiger partial charge in [0, 0.05) is 28.7 Å². The molecule has 2 nitrogen and oxygen atoms in total. The Morgan fingerprint density at radius 1 is 1.05 bits per heavy atom. The first-order valence-electron chi connectivity index (χ1n) is 6.18. The highest BCUT2D eigenvalue weighted by atomic mass is 35.5. The van der Waals surface area contributed by atoms with E-state index in [0.717, 1.165) is 11.1 Å². The minimum Gasteiger partial charge on any atom is -0.361 e. The number of fused-ring (bicyclic) bond motifs is 1. The number of hydrogen-bond acceptors (Lipinski definition) is 1. The lowest BCUT2D eigenvalue weighted by molar-refractivity contribution is 0.820. The number of halogens is 1. The molecule has 2 aromatic carbocycles. The second-order valence-electron chi connectivity index (χ2n) is 4.66. The Hall–Kier alpha value is -1.77. The summed E-state index contributed by atoms with van der Waals surface area (Å²) in [4.78, 5) is 3.33. The molecule has 1 unspecified atom stereocenters. The van der Waals surface area contributed by atoms with Gasteiger partial charge in [0.2, 0.25) is 0 Å². The fourth-order valence-electron chi connectivity index (χ4n) is 2.28. The molecule has 3 aromatic rings. The molecule has 19 heavy (non-hydrogen) atoms. The van der Waals surface area contributed by atoms with E-state index in [2.05, 4.69) is 53.6 Å². The molecular weight excluding hydrogens is 256 g/mol. The van der Waals surface area contributed by atoms with Gasteiger partial charge in [0.25, 0.3) is 0 Å². The van der Waals surface area contributed by atoms with Crippen LogP contribution in [0.5, 0.6) is 0 Å².